The topological polar surface area (TPSA) is 49.8 Å². The van der Waals surface area contributed by atoms with Gasteiger partial charge in [-0.05, 0) is 38.0 Å². The normalized spacial score (nSPS) is 14.3. The number of carbonyl (C=O) groups excluding carboxylic acids is 1. The van der Waals surface area contributed by atoms with Gasteiger partial charge in [0.2, 0.25) is 0 Å². The summed E-state index contributed by atoms with van der Waals surface area (Å²) in [6, 6.07) is 5.39. The zero-order valence-corrected chi connectivity index (χ0v) is 11.7. The fourth-order valence-electron chi connectivity index (χ4n) is 2.06. The van der Waals surface area contributed by atoms with Crippen LogP contribution in [0.1, 0.15) is 25.3 Å². The van der Waals surface area contributed by atoms with Crippen molar-refractivity contribution in [1.29, 1.82) is 0 Å². The number of benzene rings is 1. The molecule has 1 aromatic rings. The lowest BCUT2D eigenvalue weighted by atomic mass is 10.2. The molecule has 0 radical (unpaired) electrons. The van der Waals surface area contributed by atoms with Crippen LogP contribution in [-0.2, 0) is 11.4 Å². The highest BCUT2D eigenvalue weighted by atomic mass is 35.5. The van der Waals surface area contributed by atoms with Crippen molar-refractivity contribution in [3.63, 3.8) is 0 Å². The van der Waals surface area contributed by atoms with Gasteiger partial charge in [0.25, 0.3) is 5.91 Å². The fourth-order valence-corrected chi connectivity index (χ4v) is 2.25. The number of carbonyl (C=O) groups is 1. The Kier molecular flexibility index (Phi) is 4.66. The van der Waals surface area contributed by atoms with Gasteiger partial charge in [0.05, 0.1) is 6.61 Å². The molecule has 0 bridgehead atoms. The summed E-state index contributed by atoms with van der Waals surface area (Å²) in [6.45, 7) is 2.52. The second kappa shape index (κ2) is 6.26. The molecule has 0 saturated heterocycles. The van der Waals surface area contributed by atoms with Crippen molar-refractivity contribution in [3.8, 4) is 5.75 Å². The quantitative estimate of drug-likeness (QED) is 0.871. The van der Waals surface area contributed by atoms with Crippen LogP contribution in [0, 0.1) is 0 Å². The molecular weight excluding hydrogens is 266 g/mol. The molecule has 1 aliphatic carbocycles. The Bertz CT molecular complexity index is 460. The first-order chi connectivity index (χ1) is 9.15. The molecule has 1 aromatic carbocycles. The predicted octanol–water partition coefficient (Wildman–Crippen LogP) is 2.22. The van der Waals surface area contributed by atoms with Gasteiger partial charge in [0.15, 0.2) is 6.61 Å². The summed E-state index contributed by atoms with van der Waals surface area (Å²) >= 11 is 5.84. The van der Waals surface area contributed by atoms with Crippen LogP contribution in [0.15, 0.2) is 18.2 Å². The van der Waals surface area contributed by atoms with E-state index < -0.39 is 0 Å². The van der Waals surface area contributed by atoms with Gasteiger partial charge in [0, 0.05) is 23.2 Å². The first-order valence-electron chi connectivity index (χ1n) is 6.47. The van der Waals surface area contributed by atoms with Crippen molar-refractivity contribution in [2.45, 2.75) is 32.4 Å². The smallest absolute Gasteiger partial charge is 0.260 e. The zero-order valence-electron chi connectivity index (χ0n) is 10.9. The Morgan fingerprint density at radius 1 is 1.53 bits per heavy atom. The van der Waals surface area contributed by atoms with Gasteiger partial charge in [-0.15, -0.1) is 0 Å². The van der Waals surface area contributed by atoms with Gasteiger partial charge in [-0.1, -0.05) is 11.6 Å². The third kappa shape index (κ3) is 3.61. The van der Waals surface area contributed by atoms with Gasteiger partial charge in [-0.3, -0.25) is 4.79 Å². The van der Waals surface area contributed by atoms with Gasteiger partial charge < -0.3 is 14.7 Å². The van der Waals surface area contributed by atoms with Gasteiger partial charge in [-0.2, -0.15) is 0 Å². The summed E-state index contributed by atoms with van der Waals surface area (Å²) in [4.78, 5) is 13.8. The van der Waals surface area contributed by atoms with Crippen LogP contribution < -0.4 is 4.74 Å². The molecule has 1 N–H and O–H groups in total. The molecule has 0 aliphatic heterocycles. The largest absolute Gasteiger partial charge is 0.483 e. The van der Waals surface area contributed by atoms with Crippen molar-refractivity contribution >= 4 is 17.5 Å². The zero-order chi connectivity index (χ0) is 13.8. The molecule has 1 saturated carbocycles. The SMILES string of the molecule is CCN(C(=O)COc1ccc(Cl)cc1CO)C1CC1. The maximum atomic E-state index is 12.0. The van der Waals surface area contributed by atoms with Crippen molar-refractivity contribution in [3.05, 3.63) is 28.8 Å². The average Bonchev–Trinajstić information content (AvgIpc) is 3.22. The molecule has 0 unspecified atom stereocenters. The van der Waals surface area contributed by atoms with Crippen LogP contribution in [0.2, 0.25) is 5.02 Å². The first kappa shape index (κ1) is 14.2. The predicted molar refractivity (Wildman–Crippen MR) is 73.3 cm³/mol. The minimum Gasteiger partial charge on any atom is -0.483 e. The molecule has 4 nitrogen and oxygen atoms in total. The number of nitrogens with zero attached hydrogens (tertiary/aromatic N) is 1. The summed E-state index contributed by atoms with van der Waals surface area (Å²) in [6.07, 6.45) is 2.17. The molecule has 19 heavy (non-hydrogen) atoms. The maximum absolute atomic E-state index is 12.0. The minimum atomic E-state index is -0.162. The van der Waals surface area contributed by atoms with E-state index >= 15 is 0 Å². The van der Waals surface area contributed by atoms with Gasteiger partial charge >= 0.3 is 0 Å². The Labute approximate surface area is 117 Å². The number of hydrogen-bond donors (Lipinski definition) is 1. The molecule has 0 heterocycles. The van der Waals surface area contributed by atoms with E-state index in [1.54, 1.807) is 18.2 Å². The lowest BCUT2D eigenvalue weighted by Gasteiger charge is -2.20. The van der Waals surface area contributed by atoms with Crippen LogP contribution in [-0.4, -0.2) is 35.1 Å². The summed E-state index contributed by atoms with van der Waals surface area (Å²) in [5, 5.41) is 9.77. The highest BCUT2D eigenvalue weighted by molar-refractivity contribution is 6.30. The minimum absolute atomic E-state index is 0.00102. The first-order valence-corrected chi connectivity index (χ1v) is 6.85. The molecule has 2 rings (SSSR count). The third-order valence-corrected chi connectivity index (χ3v) is 3.43. The van der Waals surface area contributed by atoms with Crippen LogP contribution >= 0.6 is 11.6 Å². The molecular formula is C14H18ClNO3. The van der Waals surface area contributed by atoms with E-state index in [2.05, 4.69) is 0 Å². The maximum Gasteiger partial charge on any atom is 0.260 e. The fraction of sp³-hybridized carbons (Fsp3) is 0.500. The second-order valence-corrected chi connectivity index (χ2v) is 5.05. The molecule has 1 amide bonds. The Morgan fingerprint density at radius 2 is 2.26 bits per heavy atom. The third-order valence-electron chi connectivity index (χ3n) is 3.19. The van der Waals surface area contributed by atoms with Crippen LogP contribution in [0.25, 0.3) is 0 Å². The molecule has 0 spiro atoms. The average molecular weight is 284 g/mol. The molecule has 1 aliphatic rings. The highest BCUT2D eigenvalue weighted by Gasteiger charge is 2.31. The number of hydrogen-bond acceptors (Lipinski definition) is 3. The molecule has 5 heteroatoms. The van der Waals surface area contributed by atoms with Crippen molar-refractivity contribution in [1.82, 2.24) is 4.90 Å². The van der Waals surface area contributed by atoms with Gasteiger partial charge in [0.1, 0.15) is 5.75 Å². The molecule has 0 aromatic heterocycles. The number of amides is 1. The summed E-state index contributed by atoms with van der Waals surface area (Å²) < 4.78 is 5.50. The Morgan fingerprint density at radius 3 is 2.84 bits per heavy atom. The number of aliphatic hydroxyl groups is 1. The van der Waals surface area contributed by atoms with E-state index in [-0.39, 0.29) is 19.1 Å². The van der Waals surface area contributed by atoms with E-state index in [4.69, 9.17) is 16.3 Å². The van der Waals surface area contributed by atoms with Crippen LogP contribution in [0.4, 0.5) is 0 Å². The molecule has 104 valence electrons. The lowest BCUT2D eigenvalue weighted by Crippen LogP contribution is -2.36. The number of rotatable bonds is 6. The second-order valence-electron chi connectivity index (χ2n) is 4.61. The number of aliphatic hydroxyl groups excluding tert-OH is 1. The van der Waals surface area contributed by atoms with E-state index in [1.807, 2.05) is 11.8 Å². The number of likely N-dealkylation sites (N-methyl/N-ethyl adjacent to an activating group) is 1. The summed E-state index contributed by atoms with van der Waals surface area (Å²) in [5.74, 6) is 0.496. The highest BCUT2D eigenvalue weighted by Crippen LogP contribution is 2.27. The Balaban J connectivity index is 1.96. The van der Waals surface area contributed by atoms with E-state index in [9.17, 15) is 9.90 Å². The van der Waals surface area contributed by atoms with Crippen LogP contribution in [0.5, 0.6) is 5.75 Å². The van der Waals surface area contributed by atoms with E-state index in [0.717, 1.165) is 12.8 Å². The van der Waals surface area contributed by atoms with Crippen LogP contribution in [0.3, 0.4) is 0 Å². The number of ether oxygens (including phenoxy) is 1. The van der Waals surface area contributed by atoms with Crippen molar-refractivity contribution in [2.24, 2.45) is 0 Å². The lowest BCUT2D eigenvalue weighted by molar-refractivity contribution is -0.133. The Hall–Kier alpha value is -1.26. The van der Waals surface area contributed by atoms with E-state index in [1.165, 1.54) is 0 Å². The standard InChI is InChI=1S/C14H18ClNO3/c1-2-16(12-4-5-12)14(18)9-19-13-6-3-11(15)7-10(13)8-17/h3,6-7,12,17H,2,4-5,8-9H2,1H3. The molecule has 1 fully saturated rings. The number of halogens is 1. The van der Waals surface area contributed by atoms with Gasteiger partial charge in [-0.25, -0.2) is 0 Å². The van der Waals surface area contributed by atoms with Crippen molar-refractivity contribution in [2.75, 3.05) is 13.2 Å². The van der Waals surface area contributed by atoms with E-state index in [0.29, 0.717) is 28.9 Å². The summed E-state index contributed by atoms with van der Waals surface area (Å²) in [5.41, 5.74) is 0.592. The van der Waals surface area contributed by atoms with Crippen molar-refractivity contribution < 1.29 is 14.6 Å². The summed E-state index contributed by atoms with van der Waals surface area (Å²) in [7, 11) is 0. The molecule has 0 atom stereocenters. The monoisotopic (exact) mass is 283 g/mol.